The van der Waals surface area contributed by atoms with Crippen molar-refractivity contribution in [2.24, 2.45) is 0 Å². The summed E-state index contributed by atoms with van der Waals surface area (Å²) in [6.07, 6.45) is 1.46. The van der Waals surface area contributed by atoms with Crippen LogP contribution in [0.4, 0.5) is 0 Å². The normalized spacial score (nSPS) is 11.0. The van der Waals surface area contributed by atoms with E-state index >= 15 is 0 Å². The summed E-state index contributed by atoms with van der Waals surface area (Å²) in [5.41, 5.74) is 1.09. The second-order valence-corrected chi connectivity index (χ2v) is 4.88. The van der Waals surface area contributed by atoms with Crippen LogP contribution >= 0.6 is 11.3 Å². The highest BCUT2D eigenvalue weighted by Gasteiger charge is 2.04. The highest BCUT2D eigenvalue weighted by Crippen LogP contribution is 2.33. The average Bonchev–Trinajstić information content (AvgIpc) is 2.67. The lowest BCUT2D eigenvalue weighted by Gasteiger charge is -1.95. The van der Waals surface area contributed by atoms with Crippen molar-refractivity contribution in [3.8, 4) is 0 Å². The van der Waals surface area contributed by atoms with E-state index in [4.69, 9.17) is 0 Å². The Labute approximate surface area is 97.3 Å². The first-order chi connectivity index (χ1) is 7.88. The lowest BCUT2D eigenvalue weighted by molar-refractivity contribution is -0.107. The fraction of sp³-hybridized carbons (Fsp3) is 0.0714. The van der Waals surface area contributed by atoms with E-state index < -0.39 is 0 Å². The number of benzene rings is 2. The molecule has 0 bridgehead atoms. The van der Waals surface area contributed by atoms with Gasteiger partial charge in [0, 0.05) is 26.6 Å². The zero-order valence-electron chi connectivity index (χ0n) is 8.64. The van der Waals surface area contributed by atoms with Crippen molar-refractivity contribution in [3.63, 3.8) is 0 Å². The van der Waals surface area contributed by atoms with E-state index in [2.05, 4.69) is 36.4 Å². The number of carbonyl (C=O) groups excluding carboxylic acids is 1. The minimum Gasteiger partial charge on any atom is -0.303 e. The van der Waals surface area contributed by atoms with Gasteiger partial charge < -0.3 is 4.79 Å². The van der Waals surface area contributed by atoms with E-state index in [1.165, 1.54) is 20.2 Å². The molecule has 0 atom stereocenters. The predicted molar refractivity (Wildman–Crippen MR) is 69.1 cm³/mol. The molecule has 2 heteroatoms. The van der Waals surface area contributed by atoms with Crippen molar-refractivity contribution >= 4 is 37.8 Å². The first kappa shape index (κ1) is 9.55. The second kappa shape index (κ2) is 3.72. The quantitative estimate of drug-likeness (QED) is 0.607. The first-order valence-corrected chi connectivity index (χ1v) is 6.04. The fourth-order valence-electron chi connectivity index (χ4n) is 1.99. The van der Waals surface area contributed by atoms with Crippen LogP contribution in [0.25, 0.3) is 20.2 Å². The van der Waals surface area contributed by atoms with Crippen LogP contribution in [-0.4, -0.2) is 6.29 Å². The molecule has 16 heavy (non-hydrogen) atoms. The Balaban J connectivity index is 2.32. The molecular weight excluding hydrogens is 216 g/mol. The molecule has 0 N–H and O–H groups in total. The van der Waals surface area contributed by atoms with Gasteiger partial charge in [-0.05, 0) is 17.7 Å². The number of aldehydes is 1. The predicted octanol–water partition coefficient (Wildman–Crippen LogP) is 3.80. The van der Waals surface area contributed by atoms with Crippen molar-refractivity contribution in [2.75, 3.05) is 0 Å². The minimum absolute atomic E-state index is 0.504. The maximum Gasteiger partial charge on any atom is 0.124 e. The number of fused-ring (bicyclic) bond motifs is 3. The molecule has 0 aliphatic rings. The molecule has 78 valence electrons. The van der Waals surface area contributed by atoms with Gasteiger partial charge in [-0.15, -0.1) is 11.3 Å². The Kier molecular flexibility index (Phi) is 2.22. The minimum atomic E-state index is 0.504. The molecule has 0 aliphatic heterocycles. The Morgan fingerprint density at radius 2 is 1.81 bits per heavy atom. The van der Waals surface area contributed by atoms with Gasteiger partial charge >= 0.3 is 0 Å². The molecule has 1 nitrogen and oxygen atoms in total. The van der Waals surface area contributed by atoms with Gasteiger partial charge in [0.2, 0.25) is 0 Å². The summed E-state index contributed by atoms with van der Waals surface area (Å²) in [5.74, 6) is 0. The number of carbonyl (C=O) groups is 1. The van der Waals surface area contributed by atoms with Gasteiger partial charge in [0.05, 0.1) is 0 Å². The molecule has 0 spiro atoms. The Morgan fingerprint density at radius 1 is 1.00 bits per heavy atom. The van der Waals surface area contributed by atoms with Crippen molar-refractivity contribution in [1.29, 1.82) is 0 Å². The summed E-state index contributed by atoms with van der Waals surface area (Å²) < 4.78 is 2.57. The standard InChI is InChI=1S/C14H10OS/c15-8-7-10-5-6-12-11-3-1-2-4-13(11)16-14(12)9-10/h1-6,8-9H,7H2. The van der Waals surface area contributed by atoms with Crippen molar-refractivity contribution in [2.45, 2.75) is 6.42 Å². The topological polar surface area (TPSA) is 17.1 Å². The Bertz CT molecular complexity index is 667. The number of thiophene rings is 1. The van der Waals surface area contributed by atoms with Gasteiger partial charge in [0.15, 0.2) is 0 Å². The molecule has 1 heterocycles. The van der Waals surface area contributed by atoms with Gasteiger partial charge in [-0.2, -0.15) is 0 Å². The molecule has 0 aliphatic carbocycles. The van der Waals surface area contributed by atoms with Gasteiger partial charge in [0.25, 0.3) is 0 Å². The van der Waals surface area contributed by atoms with E-state index in [0.29, 0.717) is 6.42 Å². The molecule has 1 aromatic heterocycles. The highest BCUT2D eigenvalue weighted by atomic mass is 32.1. The molecule has 2 aromatic carbocycles. The third-order valence-corrected chi connectivity index (χ3v) is 3.90. The molecule has 0 saturated carbocycles. The van der Waals surface area contributed by atoms with Crippen molar-refractivity contribution in [1.82, 2.24) is 0 Å². The van der Waals surface area contributed by atoms with E-state index in [-0.39, 0.29) is 0 Å². The van der Waals surface area contributed by atoms with Crippen molar-refractivity contribution in [3.05, 3.63) is 48.0 Å². The highest BCUT2D eigenvalue weighted by molar-refractivity contribution is 7.25. The van der Waals surface area contributed by atoms with E-state index in [9.17, 15) is 4.79 Å². The van der Waals surface area contributed by atoms with Gasteiger partial charge in [0.1, 0.15) is 6.29 Å². The molecule has 0 unspecified atom stereocenters. The van der Waals surface area contributed by atoms with Crippen molar-refractivity contribution < 1.29 is 4.79 Å². The maximum atomic E-state index is 10.5. The third kappa shape index (κ3) is 1.42. The third-order valence-electron chi connectivity index (χ3n) is 2.76. The van der Waals surface area contributed by atoms with E-state index in [1.54, 1.807) is 11.3 Å². The number of rotatable bonds is 2. The van der Waals surface area contributed by atoms with E-state index in [0.717, 1.165) is 11.8 Å². The summed E-state index contributed by atoms with van der Waals surface area (Å²) in [7, 11) is 0. The summed E-state index contributed by atoms with van der Waals surface area (Å²) in [6.45, 7) is 0. The summed E-state index contributed by atoms with van der Waals surface area (Å²) in [5, 5.41) is 2.59. The Hall–Kier alpha value is -1.67. The molecule has 0 radical (unpaired) electrons. The van der Waals surface area contributed by atoms with Crippen LogP contribution < -0.4 is 0 Å². The zero-order chi connectivity index (χ0) is 11.0. The summed E-state index contributed by atoms with van der Waals surface area (Å²) in [4.78, 5) is 10.5. The summed E-state index contributed by atoms with van der Waals surface area (Å²) in [6, 6.07) is 14.7. The lowest BCUT2D eigenvalue weighted by atomic mass is 10.1. The van der Waals surface area contributed by atoms with Gasteiger partial charge in [-0.1, -0.05) is 30.3 Å². The van der Waals surface area contributed by atoms with Crippen LogP contribution in [0.5, 0.6) is 0 Å². The summed E-state index contributed by atoms with van der Waals surface area (Å²) >= 11 is 1.79. The van der Waals surface area contributed by atoms with Crippen LogP contribution in [0.2, 0.25) is 0 Å². The van der Waals surface area contributed by atoms with Gasteiger partial charge in [-0.25, -0.2) is 0 Å². The maximum absolute atomic E-state index is 10.5. The van der Waals surface area contributed by atoms with Crippen LogP contribution in [0.15, 0.2) is 42.5 Å². The average molecular weight is 226 g/mol. The smallest absolute Gasteiger partial charge is 0.124 e. The molecular formula is C14H10OS. The molecule has 3 aromatic rings. The SMILES string of the molecule is O=CCc1ccc2c(c1)sc1ccccc12. The number of hydrogen-bond donors (Lipinski definition) is 0. The Morgan fingerprint density at radius 3 is 2.69 bits per heavy atom. The zero-order valence-corrected chi connectivity index (χ0v) is 9.46. The monoisotopic (exact) mass is 226 g/mol. The van der Waals surface area contributed by atoms with Crippen LogP contribution in [0.1, 0.15) is 5.56 Å². The lowest BCUT2D eigenvalue weighted by Crippen LogP contribution is -1.83. The molecule has 3 rings (SSSR count). The number of hydrogen-bond acceptors (Lipinski definition) is 2. The van der Waals surface area contributed by atoms with Crippen LogP contribution in [-0.2, 0) is 11.2 Å². The largest absolute Gasteiger partial charge is 0.303 e. The van der Waals surface area contributed by atoms with Crippen LogP contribution in [0.3, 0.4) is 0 Å². The molecule has 0 amide bonds. The fourth-order valence-corrected chi connectivity index (χ4v) is 3.16. The van der Waals surface area contributed by atoms with Crippen LogP contribution in [0, 0.1) is 0 Å². The van der Waals surface area contributed by atoms with E-state index in [1.807, 2.05) is 6.07 Å². The molecule has 0 fully saturated rings. The molecule has 0 saturated heterocycles. The first-order valence-electron chi connectivity index (χ1n) is 5.22. The van der Waals surface area contributed by atoms with Gasteiger partial charge in [-0.3, -0.25) is 0 Å². The second-order valence-electron chi connectivity index (χ2n) is 3.80.